The average Bonchev–Trinajstić information content (AvgIpc) is 2.86. The van der Waals surface area contributed by atoms with Crippen LogP contribution in [0.5, 0.6) is 0 Å². The maximum absolute atomic E-state index is 11.8. The summed E-state index contributed by atoms with van der Waals surface area (Å²) in [4.78, 5) is 16.1. The smallest absolute Gasteiger partial charge is 0.184 e. The molecular formula is C14H14N4O. The highest BCUT2D eigenvalue weighted by atomic mass is 16.1. The molecule has 1 aromatic heterocycles. The number of Topliss-reactive ketones (excluding diaryl/α,β-unsaturated/α-hetero) is 1. The lowest BCUT2D eigenvalue weighted by atomic mass is 9.94. The molecule has 0 fully saturated rings. The van der Waals surface area contributed by atoms with Gasteiger partial charge in [-0.25, -0.2) is 0 Å². The van der Waals surface area contributed by atoms with Crippen LogP contribution in [-0.2, 0) is 0 Å². The Kier molecular flexibility index (Phi) is 2.76. The number of fused-ring (bicyclic) bond motifs is 1. The number of hydrogen-bond donors (Lipinski definition) is 2. The van der Waals surface area contributed by atoms with E-state index >= 15 is 0 Å². The number of aliphatic imine (C=N–C) groups is 1. The first-order valence-corrected chi connectivity index (χ1v) is 6.12. The van der Waals surface area contributed by atoms with Crippen molar-refractivity contribution in [1.29, 1.82) is 0 Å². The van der Waals surface area contributed by atoms with E-state index in [1.807, 2.05) is 31.2 Å². The Morgan fingerprint density at radius 3 is 2.84 bits per heavy atom. The predicted molar refractivity (Wildman–Crippen MR) is 73.5 cm³/mol. The van der Waals surface area contributed by atoms with E-state index in [0.717, 1.165) is 28.2 Å². The molecule has 0 saturated carbocycles. The van der Waals surface area contributed by atoms with Crippen LogP contribution in [0.1, 0.15) is 21.6 Å². The average molecular weight is 254 g/mol. The lowest BCUT2D eigenvalue weighted by Gasteiger charge is -2.15. The largest absolute Gasteiger partial charge is 0.325 e. The van der Waals surface area contributed by atoms with E-state index in [0.29, 0.717) is 12.1 Å². The number of aromatic amines is 1. The molecule has 0 bridgehead atoms. The number of nitrogens with zero attached hydrogens (tertiary/aromatic N) is 2. The number of aromatic nitrogens is 2. The van der Waals surface area contributed by atoms with Crippen LogP contribution in [0.15, 0.2) is 29.3 Å². The van der Waals surface area contributed by atoms with Gasteiger partial charge in [-0.1, -0.05) is 6.07 Å². The molecule has 0 saturated heterocycles. The summed E-state index contributed by atoms with van der Waals surface area (Å²) in [7, 11) is 0. The zero-order valence-electron chi connectivity index (χ0n) is 10.6. The molecule has 1 aliphatic rings. The third-order valence-corrected chi connectivity index (χ3v) is 3.24. The van der Waals surface area contributed by atoms with Crippen LogP contribution in [0.3, 0.4) is 0 Å². The molecule has 5 nitrogen and oxygen atoms in total. The minimum Gasteiger partial charge on any atom is -0.325 e. The Morgan fingerprint density at radius 2 is 2.16 bits per heavy atom. The molecular weight excluding hydrogens is 240 g/mol. The zero-order valence-corrected chi connectivity index (χ0v) is 10.6. The van der Waals surface area contributed by atoms with Gasteiger partial charge in [0.1, 0.15) is 6.54 Å². The van der Waals surface area contributed by atoms with Crippen LogP contribution in [0.2, 0.25) is 0 Å². The second kappa shape index (κ2) is 4.44. The molecule has 3 N–H and O–H groups in total. The molecule has 5 heteroatoms. The number of nitrogens with one attached hydrogen (secondary N) is 1. The number of carbonyl (C=O) groups is 1. The van der Waals surface area contributed by atoms with Crippen molar-refractivity contribution in [3.63, 3.8) is 0 Å². The minimum atomic E-state index is 0.0389. The molecule has 0 atom stereocenters. The first-order valence-electron chi connectivity index (χ1n) is 6.12. The number of hydrogen-bond acceptors (Lipinski definition) is 4. The first-order chi connectivity index (χ1) is 9.19. The minimum absolute atomic E-state index is 0.0389. The van der Waals surface area contributed by atoms with Gasteiger partial charge >= 0.3 is 0 Å². The fraction of sp³-hybridized carbons (Fsp3) is 0.214. The lowest BCUT2D eigenvalue weighted by molar-refractivity contribution is 0.1000. The van der Waals surface area contributed by atoms with Crippen molar-refractivity contribution in [2.24, 2.45) is 10.7 Å². The van der Waals surface area contributed by atoms with Crippen molar-refractivity contribution in [3.8, 4) is 11.3 Å². The summed E-state index contributed by atoms with van der Waals surface area (Å²) in [6, 6.07) is 7.65. The fourth-order valence-corrected chi connectivity index (χ4v) is 2.26. The highest BCUT2D eigenvalue weighted by Gasteiger charge is 2.20. The van der Waals surface area contributed by atoms with Gasteiger partial charge < -0.3 is 5.73 Å². The van der Waals surface area contributed by atoms with E-state index < -0.39 is 0 Å². The Hall–Kier alpha value is -2.27. The number of carbonyl (C=O) groups excluding carboxylic acids is 1. The monoisotopic (exact) mass is 254 g/mol. The maximum Gasteiger partial charge on any atom is 0.184 e. The molecule has 2 heterocycles. The van der Waals surface area contributed by atoms with Crippen LogP contribution in [-0.4, -0.2) is 34.8 Å². The molecule has 96 valence electrons. The van der Waals surface area contributed by atoms with Gasteiger partial charge in [-0.15, -0.1) is 0 Å². The van der Waals surface area contributed by atoms with E-state index in [1.54, 1.807) is 0 Å². The molecule has 0 amide bonds. The van der Waals surface area contributed by atoms with Crippen LogP contribution >= 0.6 is 0 Å². The first kappa shape index (κ1) is 11.8. The zero-order chi connectivity index (χ0) is 13.4. The van der Waals surface area contributed by atoms with Crippen LogP contribution in [0.25, 0.3) is 11.3 Å². The van der Waals surface area contributed by atoms with E-state index in [9.17, 15) is 4.79 Å². The van der Waals surface area contributed by atoms with Crippen molar-refractivity contribution in [3.05, 3.63) is 41.1 Å². The molecule has 0 aliphatic carbocycles. The number of ketones is 1. The van der Waals surface area contributed by atoms with Gasteiger partial charge in [0.15, 0.2) is 5.78 Å². The highest BCUT2D eigenvalue weighted by Crippen LogP contribution is 2.24. The molecule has 0 radical (unpaired) electrons. The number of rotatable bonds is 2. The third kappa shape index (κ3) is 1.98. The van der Waals surface area contributed by atoms with Gasteiger partial charge in [-0.2, -0.15) is 5.10 Å². The van der Waals surface area contributed by atoms with Crippen molar-refractivity contribution in [2.45, 2.75) is 6.92 Å². The van der Waals surface area contributed by atoms with Crippen LogP contribution < -0.4 is 5.73 Å². The number of aryl methyl sites for hydroxylation is 1. The van der Waals surface area contributed by atoms with Crippen LogP contribution in [0, 0.1) is 6.92 Å². The Labute approximate surface area is 110 Å². The molecule has 0 unspecified atom stereocenters. The standard InChI is InChI=1S/C14H14N4O/c1-8-4-12(18-17-8)9-2-3-10-11(5-9)13(6-15)16-7-14(10)19/h2-5H,6-7,15H2,1H3,(H,17,18). The van der Waals surface area contributed by atoms with Crippen molar-refractivity contribution in [1.82, 2.24) is 10.2 Å². The van der Waals surface area contributed by atoms with E-state index in [-0.39, 0.29) is 12.3 Å². The Balaban J connectivity index is 2.13. The van der Waals surface area contributed by atoms with Gasteiger partial charge in [0, 0.05) is 28.9 Å². The van der Waals surface area contributed by atoms with Crippen molar-refractivity contribution < 1.29 is 4.79 Å². The summed E-state index contributed by atoms with van der Waals surface area (Å²) < 4.78 is 0. The SMILES string of the molecule is Cc1cc(-c2ccc3c(c2)C(CN)=NCC3=O)n[nH]1. The predicted octanol–water partition coefficient (Wildman–Crippen LogP) is 1.33. The summed E-state index contributed by atoms with van der Waals surface area (Å²) in [5, 5.41) is 7.13. The van der Waals surface area contributed by atoms with E-state index in [1.165, 1.54) is 0 Å². The maximum atomic E-state index is 11.8. The molecule has 19 heavy (non-hydrogen) atoms. The molecule has 1 aromatic carbocycles. The molecule has 0 spiro atoms. The summed E-state index contributed by atoms with van der Waals surface area (Å²) in [6.07, 6.45) is 0. The Bertz CT molecular complexity index is 685. The number of nitrogens with two attached hydrogens (primary N) is 1. The van der Waals surface area contributed by atoms with Gasteiger partial charge in [0.05, 0.1) is 11.4 Å². The van der Waals surface area contributed by atoms with Gasteiger partial charge in [0.2, 0.25) is 0 Å². The van der Waals surface area contributed by atoms with Gasteiger partial charge in [-0.05, 0) is 25.1 Å². The normalized spacial score (nSPS) is 14.2. The fourth-order valence-electron chi connectivity index (χ4n) is 2.26. The second-order valence-corrected chi connectivity index (χ2v) is 4.59. The summed E-state index contributed by atoms with van der Waals surface area (Å²) in [5.41, 5.74) is 10.8. The van der Waals surface area contributed by atoms with Gasteiger partial charge in [0.25, 0.3) is 0 Å². The van der Waals surface area contributed by atoms with E-state index in [2.05, 4.69) is 15.2 Å². The second-order valence-electron chi connectivity index (χ2n) is 4.59. The summed E-state index contributed by atoms with van der Waals surface area (Å²) >= 11 is 0. The van der Waals surface area contributed by atoms with Crippen molar-refractivity contribution >= 4 is 11.5 Å². The van der Waals surface area contributed by atoms with Crippen LogP contribution in [0.4, 0.5) is 0 Å². The Morgan fingerprint density at radius 1 is 1.32 bits per heavy atom. The summed E-state index contributed by atoms with van der Waals surface area (Å²) in [5.74, 6) is 0.0389. The molecule has 2 aromatic rings. The molecule has 1 aliphatic heterocycles. The van der Waals surface area contributed by atoms with E-state index in [4.69, 9.17) is 5.73 Å². The van der Waals surface area contributed by atoms with Gasteiger partial charge in [-0.3, -0.25) is 14.9 Å². The topological polar surface area (TPSA) is 84.1 Å². The summed E-state index contributed by atoms with van der Waals surface area (Å²) in [6.45, 7) is 2.48. The number of H-pyrrole nitrogens is 1. The molecule has 3 rings (SSSR count). The lowest BCUT2D eigenvalue weighted by Crippen LogP contribution is -2.24. The van der Waals surface area contributed by atoms with Crippen molar-refractivity contribution in [2.75, 3.05) is 13.1 Å². The quantitative estimate of drug-likeness (QED) is 0.847. The number of benzene rings is 1. The highest BCUT2D eigenvalue weighted by molar-refractivity contribution is 6.16. The third-order valence-electron chi connectivity index (χ3n) is 3.24.